The molecule has 13 heavy (non-hydrogen) atoms. The van der Waals surface area contributed by atoms with Gasteiger partial charge < -0.3 is 5.11 Å². The molecular formula is C11H15NO. The first-order chi connectivity index (χ1) is 6.19. The summed E-state index contributed by atoms with van der Waals surface area (Å²) in [6, 6.07) is 0. The van der Waals surface area contributed by atoms with Gasteiger partial charge in [-0.3, -0.25) is 4.99 Å². The normalized spacial score (nSPS) is 12.5. The molecule has 0 bridgehead atoms. The van der Waals surface area contributed by atoms with Crippen molar-refractivity contribution in [3.63, 3.8) is 0 Å². The second-order valence-electron chi connectivity index (χ2n) is 2.37. The Balaban J connectivity index is 4.85. The third-order valence-corrected chi connectivity index (χ3v) is 1.53. The van der Waals surface area contributed by atoms with Gasteiger partial charge in [0, 0.05) is 0 Å². The van der Waals surface area contributed by atoms with Gasteiger partial charge in [0.2, 0.25) is 0 Å². The lowest BCUT2D eigenvalue weighted by Gasteiger charge is -2.01. The van der Waals surface area contributed by atoms with Gasteiger partial charge in [0.25, 0.3) is 0 Å². The second-order valence-corrected chi connectivity index (χ2v) is 2.37. The van der Waals surface area contributed by atoms with Crippen molar-refractivity contribution in [1.29, 1.82) is 0 Å². The van der Waals surface area contributed by atoms with Gasteiger partial charge in [-0.05, 0) is 18.6 Å². The molecule has 0 aromatic rings. The van der Waals surface area contributed by atoms with Crippen molar-refractivity contribution < 1.29 is 5.11 Å². The summed E-state index contributed by atoms with van der Waals surface area (Å²) in [5.41, 5.74) is 1.93. The molecule has 0 saturated heterocycles. The highest BCUT2D eigenvalue weighted by atomic mass is 16.3. The standard InChI is InChI=1S/C11H15NO/c1-5-9(4)11(7-3)12-10(6-2)8-13/h5-7,13H,1,3-4,8H2,2H3/b10-6-,12-11?. The Bertz CT molecular complexity index is 272. The van der Waals surface area contributed by atoms with Crippen molar-refractivity contribution in [2.75, 3.05) is 6.61 Å². The van der Waals surface area contributed by atoms with E-state index in [1.807, 2.05) is 6.92 Å². The highest BCUT2D eigenvalue weighted by Crippen LogP contribution is 2.03. The van der Waals surface area contributed by atoms with E-state index in [-0.39, 0.29) is 6.61 Å². The average molecular weight is 177 g/mol. The smallest absolute Gasteiger partial charge is 0.0849 e. The highest BCUT2D eigenvalue weighted by molar-refractivity contribution is 6.09. The molecule has 0 rings (SSSR count). The molecule has 2 heteroatoms. The first-order valence-corrected chi connectivity index (χ1v) is 3.98. The number of aliphatic hydroxyl groups excluding tert-OH is 1. The van der Waals surface area contributed by atoms with Crippen LogP contribution in [0.3, 0.4) is 0 Å². The quantitative estimate of drug-likeness (QED) is 0.507. The SMILES string of the molecule is C=CC(=C)C(C=C)=N/C(=C\C)CO. The molecule has 0 spiro atoms. The van der Waals surface area contributed by atoms with Crippen molar-refractivity contribution in [2.24, 2.45) is 4.99 Å². The summed E-state index contributed by atoms with van der Waals surface area (Å²) in [5, 5.41) is 8.86. The molecule has 0 aliphatic heterocycles. The van der Waals surface area contributed by atoms with Crippen LogP contribution in [0.15, 0.2) is 54.2 Å². The highest BCUT2D eigenvalue weighted by Gasteiger charge is 1.97. The molecule has 2 nitrogen and oxygen atoms in total. The minimum Gasteiger partial charge on any atom is -0.390 e. The van der Waals surface area contributed by atoms with Crippen LogP contribution in [0.2, 0.25) is 0 Å². The van der Waals surface area contributed by atoms with Gasteiger partial charge in [0.1, 0.15) is 0 Å². The van der Waals surface area contributed by atoms with Crippen molar-refractivity contribution in [2.45, 2.75) is 6.92 Å². The zero-order valence-corrected chi connectivity index (χ0v) is 7.95. The Kier molecular flexibility index (Phi) is 5.48. The lowest BCUT2D eigenvalue weighted by Crippen LogP contribution is -1.97. The molecule has 0 unspecified atom stereocenters. The largest absolute Gasteiger partial charge is 0.390 e. The molecule has 1 N–H and O–H groups in total. The van der Waals surface area contributed by atoms with Crippen LogP contribution in [-0.2, 0) is 0 Å². The number of nitrogens with zero attached hydrogens (tertiary/aromatic N) is 1. The van der Waals surface area contributed by atoms with Gasteiger partial charge >= 0.3 is 0 Å². The molecule has 0 aromatic heterocycles. The lowest BCUT2D eigenvalue weighted by molar-refractivity contribution is 0.330. The minimum absolute atomic E-state index is 0.0851. The summed E-state index contributed by atoms with van der Waals surface area (Å²) in [6.45, 7) is 12.6. The van der Waals surface area contributed by atoms with Crippen molar-refractivity contribution in [3.05, 3.63) is 49.2 Å². The minimum atomic E-state index is -0.0851. The molecule has 0 fully saturated rings. The Morgan fingerprint density at radius 1 is 1.38 bits per heavy atom. The Morgan fingerprint density at radius 3 is 2.31 bits per heavy atom. The van der Waals surface area contributed by atoms with Crippen LogP contribution in [-0.4, -0.2) is 17.4 Å². The van der Waals surface area contributed by atoms with E-state index in [2.05, 4.69) is 24.7 Å². The third kappa shape index (κ3) is 3.67. The first kappa shape index (κ1) is 11.6. The number of allylic oxidation sites excluding steroid dienone is 4. The molecule has 0 heterocycles. The molecule has 0 atom stereocenters. The van der Waals surface area contributed by atoms with Crippen LogP contribution in [0.5, 0.6) is 0 Å². The topological polar surface area (TPSA) is 32.6 Å². The molecule has 70 valence electrons. The van der Waals surface area contributed by atoms with Crippen LogP contribution in [0, 0.1) is 0 Å². The van der Waals surface area contributed by atoms with Crippen molar-refractivity contribution in [3.8, 4) is 0 Å². The van der Waals surface area contributed by atoms with E-state index in [4.69, 9.17) is 5.11 Å². The van der Waals surface area contributed by atoms with Gasteiger partial charge in [0.05, 0.1) is 18.0 Å². The fraction of sp³-hybridized carbons (Fsp3) is 0.182. The zero-order chi connectivity index (χ0) is 10.3. The van der Waals surface area contributed by atoms with E-state index in [9.17, 15) is 0 Å². The number of aliphatic imine (C=N–C) groups is 1. The summed E-state index contributed by atoms with van der Waals surface area (Å²) in [4.78, 5) is 4.14. The number of aliphatic hydroxyl groups is 1. The summed E-state index contributed by atoms with van der Waals surface area (Å²) >= 11 is 0. The molecule has 0 aliphatic rings. The van der Waals surface area contributed by atoms with E-state index in [1.54, 1.807) is 18.2 Å². The van der Waals surface area contributed by atoms with Gasteiger partial charge in [0.15, 0.2) is 0 Å². The maximum absolute atomic E-state index is 8.86. The Morgan fingerprint density at radius 2 is 2.00 bits per heavy atom. The Hall–Kier alpha value is -1.41. The molecule has 0 radical (unpaired) electrons. The van der Waals surface area contributed by atoms with Crippen molar-refractivity contribution in [1.82, 2.24) is 0 Å². The van der Waals surface area contributed by atoms with Crippen molar-refractivity contribution >= 4 is 5.71 Å². The van der Waals surface area contributed by atoms with E-state index < -0.39 is 0 Å². The van der Waals surface area contributed by atoms with Gasteiger partial charge in [-0.15, -0.1) is 0 Å². The van der Waals surface area contributed by atoms with Gasteiger partial charge in [-0.2, -0.15) is 0 Å². The summed E-state index contributed by atoms with van der Waals surface area (Å²) < 4.78 is 0. The fourth-order valence-corrected chi connectivity index (χ4v) is 0.699. The van der Waals surface area contributed by atoms with Crippen LogP contribution in [0.4, 0.5) is 0 Å². The number of hydrogen-bond acceptors (Lipinski definition) is 2. The lowest BCUT2D eigenvalue weighted by atomic mass is 10.2. The third-order valence-electron chi connectivity index (χ3n) is 1.53. The van der Waals surface area contributed by atoms with Gasteiger partial charge in [-0.25, -0.2) is 0 Å². The predicted molar refractivity (Wildman–Crippen MR) is 57.8 cm³/mol. The predicted octanol–water partition coefficient (Wildman–Crippen LogP) is 2.25. The molecule has 0 amide bonds. The zero-order valence-electron chi connectivity index (χ0n) is 7.95. The van der Waals surface area contributed by atoms with Crippen LogP contribution in [0.25, 0.3) is 0 Å². The second kappa shape index (κ2) is 6.14. The average Bonchev–Trinajstić information content (AvgIpc) is 2.19. The molecule has 0 saturated carbocycles. The fourth-order valence-electron chi connectivity index (χ4n) is 0.699. The molecule has 0 aromatic carbocycles. The first-order valence-electron chi connectivity index (χ1n) is 3.98. The number of hydrogen-bond donors (Lipinski definition) is 1. The van der Waals surface area contributed by atoms with Crippen LogP contribution in [0.1, 0.15) is 6.92 Å². The summed E-state index contributed by atoms with van der Waals surface area (Å²) in [5.74, 6) is 0. The number of rotatable bonds is 5. The van der Waals surface area contributed by atoms with E-state index >= 15 is 0 Å². The molecular weight excluding hydrogens is 162 g/mol. The monoisotopic (exact) mass is 177 g/mol. The van der Waals surface area contributed by atoms with Gasteiger partial charge in [-0.1, -0.05) is 31.9 Å². The Labute approximate surface area is 79.3 Å². The van der Waals surface area contributed by atoms with E-state index in [0.717, 1.165) is 0 Å². The maximum atomic E-state index is 8.86. The van der Waals surface area contributed by atoms with Crippen LogP contribution < -0.4 is 0 Å². The van der Waals surface area contributed by atoms with E-state index in [1.165, 1.54) is 0 Å². The molecule has 0 aliphatic carbocycles. The van der Waals surface area contributed by atoms with E-state index in [0.29, 0.717) is 17.0 Å². The summed E-state index contributed by atoms with van der Waals surface area (Å²) in [6.07, 6.45) is 4.92. The maximum Gasteiger partial charge on any atom is 0.0849 e. The summed E-state index contributed by atoms with van der Waals surface area (Å²) in [7, 11) is 0. The van der Waals surface area contributed by atoms with Crippen LogP contribution >= 0.6 is 0 Å².